The Kier molecular flexibility index (Phi) is 8.08. The fourth-order valence-electron chi connectivity index (χ4n) is 2.93. The van der Waals surface area contributed by atoms with E-state index in [2.05, 4.69) is 10.6 Å². The molecule has 2 amide bonds. The summed E-state index contributed by atoms with van der Waals surface area (Å²) in [5, 5.41) is 25.6. The van der Waals surface area contributed by atoms with E-state index >= 15 is 0 Å². The summed E-state index contributed by atoms with van der Waals surface area (Å²) in [6.45, 7) is 7.57. The van der Waals surface area contributed by atoms with Gasteiger partial charge in [0.15, 0.2) is 12.1 Å². The second-order valence-corrected chi connectivity index (χ2v) is 8.03. The Labute approximate surface area is 150 Å². The summed E-state index contributed by atoms with van der Waals surface area (Å²) in [7, 11) is 1.36. The molecule has 25 heavy (non-hydrogen) atoms. The highest BCUT2D eigenvalue weighted by Gasteiger charge is 2.40. The Morgan fingerprint density at radius 2 is 1.92 bits per heavy atom. The SMILES string of the molecule is CO[C@@](C)(O)CNC(=O)N[C@@H](C1CC(CCN)C1)C(O)OC(C)(C)C. The van der Waals surface area contributed by atoms with Crippen LogP contribution in [0, 0.1) is 11.8 Å². The zero-order chi connectivity index (χ0) is 19.3. The molecule has 0 saturated heterocycles. The first-order valence-corrected chi connectivity index (χ1v) is 8.85. The Balaban J connectivity index is 2.63. The van der Waals surface area contributed by atoms with Crippen molar-refractivity contribution < 1.29 is 24.5 Å². The van der Waals surface area contributed by atoms with E-state index in [9.17, 15) is 15.0 Å². The molecule has 0 aromatic heterocycles. The third-order valence-corrected chi connectivity index (χ3v) is 4.45. The molecular weight excluding hydrogens is 326 g/mol. The van der Waals surface area contributed by atoms with Crippen molar-refractivity contribution in [3.8, 4) is 0 Å². The van der Waals surface area contributed by atoms with Crippen molar-refractivity contribution >= 4 is 6.03 Å². The number of ether oxygens (including phenoxy) is 2. The molecule has 1 aliphatic carbocycles. The van der Waals surface area contributed by atoms with Crippen molar-refractivity contribution in [1.82, 2.24) is 10.6 Å². The van der Waals surface area contributed by atoms with Gasteiger partial charge >= 0.3 is 6.03 Å². The second-order valence-electron chi connectivity index (χ2n) is 8.03. The lowest BCUT2D eigenvalue weighted by Crippen LogP contribution is -2.57. The van der Waals surface area contributed by atoms with Gasteiger partial charge in [-0.1, -0.05) is 0 Å². The van der Waals surface area contributed by atoms with Crippen LogP contribution in [0.15, 0.2) is 0 Å². The van der Waals surface area contributed by atoms with Gasteiger partial charge in [-0.05, 0) is 65.3 Å². The fraction of sp³-hybridized carbons (Fsp3) is 0.941. The largest absolute Gasteiger partial charge is 0.366 e. The average molecular weight is 361 g/mol. The monoisotopic (exact) mass is 361 g/mol. The zero-order valence-electron chi connectivity index (χ0n) is 16.0. The zero-order valence-corrected chi connectivity index (χ0v) is 16.0. The number of hydrogen-bond acceptors (Lipinski definition) is 6. The summed E-state index contributed by atoms with van der Waals surface area (Å²) in [6.07, 6.45) is 1.62. The van der Waals surface area contributed by atoms with Crippen molar-refractivity contribution in [2.75, 3.05) is 20.2 Å². The van der Waals surface area contributed by atoms with Crippen LogP contribution in [0.3, 0.4) is 0 Å². The lowest BCUT2D eigenvalue weighted by molar-refractivity contribution is -0.191. The van der Waals surface area contributed by atoms with Crippen LogP contribution in [0.5, 0.6) is 0 Å². The Morgan fingerprint density at radius 1 is 1.32 bits per heavy atom. The van der Waals surface area contributed by atoms with Gasteiger partial charge in [-0.2, -0.15) is 0 Å². The van der Waals surface area contributed by atoms with Crippen LogP contribution < -0.4 is 16.4 Å². The number of carbonyl (C=O) groups excluding carboxylic acids is 1. The van der Waals surface area contributed by atoms with E-state index in [1.807, 2.05) is 20.8 Å². The van der Waals surface area contributed by atoms with Gasteiger partial charge in [0.1, 0.15) is 0 Å². The molecule has 8 nitrogen and oxygen atoms in total. The molecule has 1 aliphatic rings. The molecule has 1 saturated carbocycles. The van der Waals surface area contributed by atoms with E-state index in [1.54, 1.807) is 0 Å². The number of nitrogens with two attached hydrogens (primary N) is 1. The molecule has 0 bridgehead atoms. The first kappa shape index (κ1) is 22.1. The smallest absolute Gasteiger partial charge is 0.315 e. The summed E-state index contributed by atoms with van der Waals surface area (Å²) < 4.78 is 10.5. The highest BCUT2D eigenvalue weighted by Crippen LogP contribution is 2.39. The standard InChI is InChI=1S/C17H35N3O5/c1-16(2,3)25-14(21)13(12-8-11(9-12)6-7-18)20-15(22)19-10-17(4,23)24-5/h11-14,21,23H,6-10,18H2,1-5H3,(H2,19,20,22)/t11?,12?,13-,14?,17+/m0/s1. The minimum atomic E-state index is -1.45. The number of aliphatic hydroxyl groups excluding tert-OH is 1. The maximum absolute atomic E-state index is 12.2. The first-order valence-electron chi connectivity index (χ1n) is 8.85. The molecule has 1 fully saturated rings. The Morgan fingerprint density at radius 3 is 2.40 bits per heavy atom. The summed E-state index contributed by atoms with van der Waals surface area (Å²) in [5.41, 5.74) is 5.06. The van der Waals surface area contributed by atoms with Crippen molar-refractivity contribution in [2.24, 2.45) is 17.6 Å². The second kappa shape index (κ2) is 9.14. The molecule has 3 atom stereocenters. The molecule has 0 spiro atoms. The maximum Gasteiger partial charge on any atom is 0.315 e. The van der Waals surface area contributed by atoms with E-state index in [1.165, 1.54) is 14.0 Å². The van der Waals surface area contributed by atoms with Crippen molar-refractivity contribution in [2.45, 2.75) is 70.7 Å². The number of nitrogens with one attached hydrogen (secondary N) is 2. The number of hydrogen-bond donors (Lipinski definition) is 5. The Hall–Kier alpha value is -0.930. The van der Waals surface area contributed by atoms with Crippen molar-refractivity contribution in [3.05, 3.63) is 0 Å². The molecule has 0 heterocycles. The van der Waals surface area contributed by atoms with Crippen LogP contribution in [0.4, 0.5) is 4.79 Å². The van der Waals surface area contributed by atoms with E-state index < -0.39 is 29.8 Å². The molecule has 8 heteroatoms. The highest BCUT2D eigenvalue weighted by molar-refractivity contribution is 5.74. The average Bonchev–Trinajstić information content (AvgIpc) is 2.45. The van der Waals surface area contributed by atoms with Crippen LogP contribution in [-0.4, -0.2) is 60.2 Å². The quantitative estimate of drug-likeness (QED) is 0.381. The molecule has 0 aromatic rings. The van der Waals surface area contributed by atoms with Gasteiger partial charge in [-0.15, -0.1) is 0 Å². The molecule has 0 aliphatic heterocycles. The van der Waals surface area contributed by atoms with Gasteiger partial charge in [0.25, 0.3) is 0 Å². The van der Waals surface area contributed by atoms with Gasteiger partial charge in [0.2, 0.25) is 0 Å². The van der Waals surface area contributed by atoms with Gasteiger partial charge in [-0.25, -0.2) is 4.79 Å². The fourth-order valence-corrected chi connectivity index (χ4v) is 2.93. The minimum absolute atomic E-state index is 0.0707. The summed E-state index contributed by atoms with van der Waals surface area (Å²) in [5.74, 6) is -0.795. The molecule has 1 rings (SSSR count). The highest BCUT2D eigenvalue weighted by atomic mass is 16.6. The molecular formula is C17H35N3O5. The van der Waals surface area contributed by atoms with E-state index in [4.69, 9.17) is 15.2 Å². The molecule has 1 unspecified atom stereocenters. The summed E-state index contributed by atoms with van der Waals surface area (Å²) >= 11 is 0. The molecule has 0 aromatic carbocycles. The third-order valence-electron chi connectivity index (χ3n) is 4.45. The number of urea groups is 1. The topological polar surface area (TPSA) is 126 Å². The van der Waals surface area contributed by atoms with Crippen LogP contribution in [-0.2, 0) is 9.47 Å². The number of carbonyl (C=O) groups is 1. The predicted molar refractivity (Wildman–Crippen MR) is 94.7 cm³/mol. The molecule has 148 valence electrons. The van der Waals surface area contributed by atoms with Crippen LogP contribution in [0.2, 0.25) is 0 Å². The number of amides is 2. The maximum atomic E-state index is 12.2. The number of aliphatic hydroxyl groups is 2. The van der Waals surface area contributed by atoms with E-state index in [0.29, 0.717) is 12.5 Å². The molecule has 0 radical (unpaired) electrons. The normalized spacial score (nSPS) is 25.4. The third kappa shape index (κ3) is 7.87. The molecule has 6 N–H and O–H groups in total. The lowest BCUT2D eigenvalue weighted by atomic mass is 9.69. The Bertz CT molecular complexity index is 419. The van der Waals surface area contributed by atoms with Gasteiger partial charge in [0, 0.05) is 7.11 Å². The van der Waals surface area contributed by atoms with Crippen LogP contribution in [0.1, 0.15) is 47.0 Å². The minimum Gasteiger partial charge on any atom is -0.366 e. The van der Waals surface area contributed by atoms with Crippen LogP contribution in [0.25, 0.3) is 0 Å². The summed E-state index contributed by atoms with van der Waals surface area (Å²) in [6, 6.07) is -1.01. The number of rotatable bonds is 9. The summed E-state index contributed by atoms with van der Waals surface area (Å²) in [4.78, 5) is 12.2. The van der Waals surface area contributed by atoms with Gasteiger partial charge in [0.05, 0.1) is 18.2 Å². The van der Waals surface area contributed by atoms with E-state index in [0.717, 1.165) is 19.3 Å². The van der Waals surface area contributed by atoms with Crippen LogP contribution >= 0.6 is 0 Å². The first-order chi connectivity index (χ1) is 11.5. The predicted octanol–water partition coefficient (Wildman–Crippen LogP) is 0.518. The van der Waals surface area contributed by atoms with Crippen molar-refractivity contribution in [3.63, 3.8) is 0 Å². The lowest BCUT2D eigenvalue weighted by Gasteiger charge is -2.43. The van der Waals surface area contributed by atoms with Gasteiger partial charge < -0.3 is 36.1 Å². The van der Waals surface area contributed by atoms with Gasteiger partial charge in [-0.3, -0.25) is 0 Å². The number of methoxy groups -OCH3 is 1. The van der Waals surface area contributed by atoms with Crippen molar-refractivity contribution in [1.29, 1.82) is 0 Å². The van der Waals surface area contributed by atoms with E-state index in [-0.39, 0.29) is 12.5 Å².